The van der Waals surface area contributed by atoms with Crippen molar-refractivity contribution in [1.82, 2.24) is 0 Å². The average molecular weight is 691 g/mol. The largest absolute Gasteiger partial charge is 0.311 e. The Bertz CT molecular complexity index is 2470. The monoisotopic (exact) mass is 690 g/mol. The zero-order chi connectivity index (χ0) is 35.8. The van der Waals surface area contributed by atoms with Crippen molar-refractivity contribution in [2.75, 3.05) is 9.80 Å². The standard InChI is InChI=1S/C52H38N2/c1-5-13-41(14-6-1)53(42-15-7-2-8-16-42)45-29-21-37(22-30-45)47-33-25-39-28-36-50-48(34-26-40-27-35-49(47)51(39)52(40)50)38-23-31-46(32-24-38)54(43-17-9-3-10-18-43)44-19-11-4-12-20-44/h1-36,51-52H. The molecular weight excluding hydrogens is 653 g/mol. The first-order valence-electron chi connectivity index (χ1n) is 18.8. The predicted molar refractivity (Wildman–Crippen MR) is 227 cm³/mol. The summed E-state index contributed by atoms with van der Waals surface area (Å²) in [5.41, 5.74) is 17.5. The molecule has 0 spiro atoms. The summed E-state index contributed by atoms with van der Waals surface area (Å²) in [5, 5.41) is 0. The maximum Gasteiger partial charge on any atom is 0.0462 e. The van der Waals surface area contributed by atoms with Gasteiger partial charge in [-0.05, 0) is 117 Å². The highest BCUT2D eigenvalue weighted by Crippen LogP contribution is 2.54. The first-order valence-corrected chi connectivity index (χ1v) is 18.8. The smallest absolute Gasteiger partial charge is 0.0462 e. The van der Waals surface area contributed by atoms with Crippen LogP contribution in [0.25, 0.3) is 11.1 Å². The van der Waals surface area contributed by atoms with Crippen molar-refractivity contribution in [1.29, 1.82) is 0 Å². The first kappa shape index (κ1) is 31.8. The summed E-state index contributed by atoms with van der Waals surface area (Å²) >= 11 is 0. The molecule has 0 saturated heterocycles. The van der Waals surface area contributed by atoms with E-state index in [1.165, 1.54) is 44.6 Å². The maximum atomic E-state index is 2.37. The van der Waals surface area contributed by atoms with Gasteiger partial charge >= 0.3 is 0 Å². The van der Waals surface area contributed by atoms with Gasteiger partial charge in [0.05, 0.1) is 0 Å². The van der Waals surface area contributed by atoms with Crippen LogP contribution in [0.3, 0.4) is 0 Å². The van der Waals surface area contributed by atoms with E-state index >= 15 is 0 Å². The Balaban J connectivity index is 0.970. The summed E-state index contributed by atoms with van der Waals surface area (Å²) in [4.78, 5) is 4.64. The van der Waals surface area contributed by atoms with Crippen LogP contribution < -0.4 is 9.80 Å². The van der Waals surface area contributed by atoms with Crippen molar-refractivity contribution >= 4 is 45.3 Å². The summed E-state index contributed by atoms with van der Waals surface area (Å²) in [5.74, 6) is 0.557. The Labute approximate surface area is 317 Å². The third kappa shape index (κ3) is 5.60. The Morgan fingerprint density at radius 3 is 1.22 bits per heavy atom. The third-order valence-corrected chi connectivity index (χ3v) is 11.1. The molecule has 0 amide bonds. The van der Waals surface area contributed by atoms with Gasteiger partial charge in [-0.2, -0.15) is 0 Å². The van der Waals surface area contributed by atoms with Crippen molar-refractivity contribution in [3.05, 3.63) is 252 Å². The van der Waals surface area contributed by atoms with Gasteiger partial charge in [0.2, 0.25) is 0 Å². The van der Waals surface area contributed by atoms with Crippen LogP contribution in [-0.4, -0.2) is 0 Å². The van der Waals surface area contributed by atoms with Crippen molar-refractivity contribution in [3.63, 3.8) is 0 Å². The van der Waals surface area contributed by atoms with Crippen LogP contribution in [0.2, 0.25) is 0 Å². The van der Waals surface area contributed by atoms with Crippen molar-refractivity contribution in [3.8, 4) is 0 Å². The van der Waals surface area contributed by atoms with E-state index in [4.69, 9.17) is 0 Å². The molecule has 2 heteroatoms. The van der Waals surface area contributed by atoms with Crippen LogP contribution in [0.4, 0.5) is 34.1 Å². The fourth-order valence-electron chi connectivity index (χ4n) is 8.58. The van der Waals surface area contributed by atoms with E-state index in [1.807, 2.05) is 0 Å². The second kappa shape index (κ2) is 13.6. The summed E-state index contributed by atoms with van der Waals surface area (Å²) in [6.45, 7) is 0. The Hall–Kier alpha value is -6.90. The van der Waals surface area contributed by atoms with Gasteiger partial charge in [-0.15, -0.1) is 0 Å². The number of rotatable bonds is 8. The minimum atomic E-state index is 0.278. The number of anilines is 6. The van der Waals surface area contributed by atoms with E-state index < -0.39 is 0 Å². The Morgan fingerprint density at radius 2 is 0.722 bits per heavy atom. The van der Waals surface area contributed by atoms with Gasteiger partial charge in [-0.1, -0.05) is 146 Å². The summed E-state index contributed by atoms with van der Waals surface area (Å²) < 4.78 is 0. The third-order valence-electron chi connectivity index (χ3n) is 11.1. The second-order valence-corrected chi connectivity index (χ2v) is 14.1. The summed E-state index contributed by atoms with van der Waals surface area (Å²) in [6.07, 6.45) is 18.8. The molecule has 4 aliphatic carbocycles. The zero-order valence-electron chi connectivity index (χ0n) is 29.8. The summed E-state index contributed by atoms with van der Waals surface area (Å²) in [7, 11) is 0. The molecular formula is C52H38N2. The van der Waals surface area contributed by atoms with Crippen LogP contribution >= 0.6 is 0 Å². The normalized spacial score (nSPS) is 17.9. The molecule has 0 heterocycles. The lowest BCUT2D eigenvalue weighted by atomic mass is 9.61. The van der Waals surface area contributed by atoms with E-state index in [2.05, 4.69) is 228 Å². The topological polar surface area (TPSA) is 6.48 Å². The predicted octanol–water partition coefficient (Wildman–Crippen LogP) is 13.6. The van der Waals surface area contributed by atoms with Crippen molar-refractivity contribution < 1.29 is 0 Å². The van der Waals surface area contributed by atoms with Gasteiger partial charge < -0.3 is 9.80 Å². The molecule has 0 fully saturated rings. The molecule has 2 nitrogen and oxygen atoms in total. The van der Waals surface area contributed by atoms with Crippen molar-refractivity contribution in [2.24, 2.45) is 11.8 Å². The lowest BCUT2D eigenvalue weighted by Crippen LogP contribution is -2.30. The van der Waals surface area contributed by atoms with E-state index in [9.17, 15) is 0 Å². The van der Waals surface area contributed by atoms with Crippen LogP contribution in [0, 0.1) is 11.8 Å². The molecule has 0 aromatic heterocycles. The molecule has 0 saturated carbocycles. The second-order valence-electron chi connectivity index (χ2n) is 14.1. The Kier molecular flexibility index (Phi) is 8.00. The molecule has 54 heavy (non-hydrogen) atoms. The maximum absolute atomic E-state index is 2.37. The lowest BCUT2D eigenvalue weighted by molar-refractivity contribution is 0.569. The molecule has 256 valence electrons. The highest BCUT2D eigenvalue weighted by Gasteiger charge is 2.40. The van der Waals surface area contributed by atoms with Crippen LogP contribution in [0.15, 0.2) is 241 Å². The molecule has 0 radical (unpaired) electrons. The Morgan fingerprint density at radius 1 is 0.315 bits per heavy atom. The molecule has 4 aliphatic rings. The van der Waals surface area contributed by atoms with Gasteiger partial charge in [0.15, 0.2) is 0 Å². The van der Waals surface area contributed by atoms with Gasteiger partial charge in [-0.3, -0.25) is 0 Å². The molecule has 0 N–H and O–H groups in total. The minimum Gasteiger partial charge on any atom is -0.311 e. The summed E-state index contributed by atoms with van der Waals surface area (Å²) in [6, 6.07) is 60.6. The quantitative estimate of drug-likeness (QED) is 0.157. The highest BCUT2D eigenvalue weighted by molar-refractivity contribution is 5.90. The number of hydrogen-bond acceptors (Lipinski definition) is 2. The zero-order valence-corrected chi connectivity index (χ0v) is 29.8. The minimum absolute atomic E-state index is 0.278. The van der Waals surface area contributed by atoms with Crippen molar-refractivity contribution in [2.45, 2.75) is 0 Å². The molecule has 2 unspecified atom stereocenters. The van der Waals surface area contributed by atoms with Crippen LogP contribution in [0.1, 0.15) is 11.1 Å². The number of allylic oxidation sites excluding steroid dienone is 14. The van der Waals surface area contributed by atoms with Crippen LogP contribution in [0.5, 0.6) is 0 Å². The molecule has 6 aromatic carbocycles. The fraction of sp³-hybridized carbons (Fsp3) is 0.0385. The SMILES string of the molecule is C1=CC2=C(c3ccc(N(c4ccccc4)c4ccccc4)cc3)C=CC3=CC=C4C(c5ccc(N(c6ccccc6)c6ccccc6)cc5)=CC=C1C4C32. The molecule has 0 aliphatic heterocycles. The highest BCUT2D eigenvalue weighted by atomic mass is 15.1. The van der Waals surface area contributed by atoms with E-state index in [-0.39, 0.29) is 11.8 Å². The molecule has 2 atom stereocenters. The van der Waals surface area contributed by atoms with Gasteiger partial charge in [0.25, 0.3) is 0 Å². The van der Waals surface area contributed by atoms with Crippen LogP contribution in [-0.2, 0) is 0 Å². The molecule has 0 bridgehead atoms. The first-order chi connectivity index (χ1) is 26.8. The van der Waals surface area contributed by atoms with Gasteiger partial charge in [-0.25, -0.2) is 0 Å². The van der Waals surface area contributed by atoms with E-state index in [1.54, 1.807) is 0 Å². The van der Waals surface area contributed by atoms with Gasteiger partial charge in [0.1, 0.15) is 0 Å². The fourth-order valence-corrected chi connectivity index (χ4v) is 8.58. The number of hydrogen-bond donors (Lipinski definition) is 0. The van der Waals surface area contributed by atoms with E-state index in [0.29, 0.717) is 0 Å². The number of nitrogens with zero attached hydrogens (tertiary/aromatic N) is 2. The average Bonchev–Trinajstić information content (AvgIpc) is 3.25. The molecule has 10 rings (SSSR count). The number of para-hydroxylation sites is 4. The molecule has 6 aromatic rings. The van der Waals surface area contributed by atoms with Gasteiger partial charge in [0, 0.05) is 46.0 Å². The lowest BCUT2D eigenvalue weighted by Gasteiger charge is -2.42. The number of benzene rings is 6. The van der Waals surface area contributed by atoms with E-state index in [0.717, 1.165) is 34.1 Å².